The van der Waals surface area contributed by atoms with Gasteiger partial charge in [0.05, 0.1) is 32.0 Å². The van der Waals surface area contributed by atoms with Crippen LogP contribution in [0.4, 0.5) is 0 Å². The molecule has 0 aromatic rings. The summed E-state index contributed by atoms with van der Waals surface area (Å²) < 4.78 is 16.7. The molecule has 0 bridgehead atoms. The van der Waals surface area contributed by atoms with Gasteiger partial charge in [-0.2, -0.15) is 0 Å². The Hall–Kier alpha value is -2.38. The summed E-state index contributed by atoms with van der Waals surface area (Å²) in [6.07, 6.45) is 69.8. The molecule has 1 heterocycles. The number of hydrogen-bond donors (Lipinski definition) is 6. The monoisotopic (exact) mass is 1170 g/mol. The lowest BCUT2D eigenvalue weighted by atomic mass is 9.99. The molecule has 1 aliphatic rings. The van der Waals surface area contributed by atoms with Gasteiger partial charge in [0.25, 0.3) is 0 Å². The Balaban J connectivity index is 1.91. The molecule has 7 atom stereocenters. The summed E-state index contributed by atoms with van der Waals surface area (Å²) in [6.45, 7) is 4.29. The van der Waals surface area contributed by atoms with Crippen molar-refractivity contribution in [1.82, 2.24) is 5.32 Å². The maximum Gasteiger partial charge on any atom is 0.305 e. The molecule has 0 saturated carbocycles. The molecular formula is C72H133NO10. The van der Waals surface area contributed by atoms with Crippen molar-refractivity contribution in [3.8, 4) is 0 Å². The SMILES string of the molecule is CCCC/C=C\C/C=C\CCCCCCCC(=O)OCCCCCCCCCCCCCC/C=C\CCCCCCCCCCCCCCCCCCC(=O)NC(COC1OC(CO)C(O)C(O)C1O)C(O)/C=C/CCCCCCCCC. The fourth-order valence-electron chi connectivity index (χ4n) is 11.0. The van der Waals surface area contributed by atoms with Crippen LogP contribution in [0.25, 0.3) is 0 Å². The van der Waals surface area contributed by atoms with Gasteiger partial charge in [0.2, 0.25) is 5.91 Å². The average molecular weight is 1170 g/mol. The zero-order valence-corrected chi connectivity index (χ0v) is 53.9. The van der Waals surface area contributed by atoms with Gasteiger partial charge in [0.1, 0.15) is 24.4 Å². The molecular weight excluding hydrogens is 1040 g/mol. The highest BCUT2D eigenvalue weighted by Crippen LogP contribution is 2.23. The minimum Gasteiger partial charge on any atom is -0.466 e. The first kappa shape index (κ1) is 78.6. The van der Waals surface area contributed by atoms with E-state index in [1.165, 1.54) is 244 Å². The summed E-state index contributed by atoms with van der Waals surface area (Å²) in [6, 6.07) is -0.807. The van der Waals surface area contributed by atoms with Crippen molar-refractivity contribution in [3.63, 3.8) is 0 Å². The smallest absolute Gasteiger partial charge is 0.305 e. The standard InChI is InChI=1S/C72H133NO10/c1-3-5-7-9-11-13-14-15-37-40-44-48-52-56-60-68(77)81-61-57-53-49-45-41-38-35-33-31-29-27-25-23-21-19-17-16-18-20-22-24-26-28-30-32-34-36-39-43-47-51-55-59-67(76)73-64(65(75)58-54-50-46-42-12-10-8-6-4-2)63-82-72-71(80)70(79)69(78)66(62-74)83-72/h9,11,14-15,19,21,54,58,64-66,69-72,74-75,78-80H,3-8,10,12-13,16-18,20,22-53,55-57,59-63H2,1-2H3,(H,73,76)/b11-9-,15-14-,21-19-,58-54+. The van der Waals surface area contributed by atoms with E-state index in [9.17, 15) is 35.1 Å². The molecule has 1 fully saturated rings. The molecule has 1 saturated heterocycles. The van der Waals surface area contributed by atoms with Crippen LogP contribution in [-0.2, 0) is 23.8 Å². The predicted molar refractivity (Wildman–Crippen MR) is 347 cm³/mol. The maximum atomic E-state index is 13.0. The van der Waals surface area contributed by atoms with E-state index < -0.39 is 49.5 Å². The Morgan fingerprint density at radius 1 is 0.446 bits per heavy atom. The zero-order chi connectivity index (χ0) is 60.2. The van der Waals surface area contributed by atoms with E-state index in [1.807, 2.05) is 6.08 Å². The first-order valence-electron chi connectivity index (χ1n) is 35.4. The first-order valence-corrected chi connectivity index (χ1v) is 35.4. The summed E-state index contributed by atoms with van der Waals surface area (Å²) in [4.78, 5) is 25.1. The quantitative estimate of drug-likeness (QED) is 0.0195. The van der Waals surface area contributed by atoms with Gasteiger partial charge in [-0.15, -0.1) is 0 Å². The predicted octanol–water partition coefficient (Wildman–Crippen LogP) is 18.0. The Bertz CT molecular complexity index is 1520. The molecule has 0 aromatic heterocycles. The van der Waals surface area contributed by atoms with Crippen molar-refractivity contribution in [2.45, 2.75) is 378 Å². The van der Waals surface area contributed by atoms with Crippen LogP contribution in [0.15, 0.2) is 48.6 Å². The summed E-state index contributed by atoms with van der Waals surface area (Å²) in [5.41, 5.74) is 0. The minimum atomic E-state index is -1.57. The molecule has 11 heteroatoms. The van der Waals surface area contributed by atoms with Gasteiger partial charge in [0, 0.05) is 12.8 Å². The van der Waals surface area contributed by atoms with Crippen LogP contribution in [0, 0.1) is 0 Å². The number of aliphatic hydroxyl groups excluding tert-OH is 5. The van der Waals surface area contributed by atoms with Crippen molar-refractivity contribution < 1.29 is 49.3 Å². The third-order valence-electron chi connectivity index (χ3n) is 16.7. The molecule has 1 amide bonds. The van der Waals surface area contributed by atoms with Crippen LogP contribution in [0.3, 0.4) is 0 Å². The van der Waals surface area contributed by atoms with Gasteiger partial charge in [0.15, 0.2) is 6.29 Å². The average Bonchev–Trinajstić information content (AvgIpc) is 3.58. The number of hydrogen-bond acceptors (Lipinski definition) is 10. The van der Waals surface area contributed by atoms with Gasteiger partial charge in [-0.1, -0.05) is 287 Å². The van der Waals surface area contributed by atoms with E-state index in [-0.39, 0.29) is 18.5 Å². The Morgan fingerprint density at radius 2 is 0.819 bits per heavy atom. The zero-order valence-electron chi connectivity index (χ0n) is 53.9. The van der Waals surface area contributed by atoms with E-state index in [0.29, 0.717) is 19.4 Å². The van der Waals surface area contributed by atoms with Gasteiger partial charge < -0.3 is 45.1 Å². The lowest BCUT2D eigenvalue weighted by Gasteiger charge is -2.40. The van der Waals surface area contributed by atoms with Crippen LogP contribution in [0.5, 0.6) is 0 Å². The Morgan fingerprint density at radius 3 is 1.27 bits per heavy atom. The number of carbonyl (C=O) groups excluding carboxylic acids is 2. The second-order valence-electron chi connectivity index (χ2n) is 24.6. The summed E-state index contributed by atoms with van der Waals surface area (Å²) in [5, 5.41) is 54.3. The third kappa shape index (κ3) is 50.3. The molecule has 0 radical (unpaired) electrons. The van der Waals surface area contributed by atoms with Crippen LogP contribution < -0.4 is 5.32 Å². The first-order chi connectivity index (χ1) is 40.7. The fourth-order valence-corrected chi connectivity index (χ4v) is 11.0. The van der Waals surface area contributed by atoms with Crippen molar-refractivity contribution in [2.75, 3.05) is 19.8 Å². The molecule has 0 aromatic carbocycles. The highest BCUT2D eigenvalue weighted by molar-refractivity contribution is 5.76. The number of esters is 1. The minimum absolute atomic E-state index is 0.00419. The number of allylic oxidation sites excluding steroid dienone is 7. The summed E-state index contributed by atoms with van der Waals surface area (Å²) in [7, 11) is 0. The van der Waals surface area contributed by atoms with Gasteiger partial charge in [-0.25, -0.2) is 0 Å². The molecule has 1 rings (SSSR count). The highest BCUT2D eigenvalue weighted by atomic mass is 16.7. The molecule has 0 aliphatic carbocycles. The second kappa shape index (κ2) is 61.3. The Kier molecular flexibility index (Phi) is 58.0. The van der Waals surface area contributed by atoms with E-state index in [4.69, 9.17) is 14.2 Å². The van der Waals surface area contributed by atoms with E-state index in [0.717, 1.165) is 64.2 Å². The highest BCUT2D eigenvalue weighted by Gasteiger charge is 2.44. The van der Waals surface area contributed by atoms with E-state index in [2.05, 4.69) is 55.6 Å². The van der Waals surface area contributed by atoms with Crippen molar-refractivity contribution in [1.29, 1.82) is 0 Å². The van der Waals surface area contributed by atoms with Crippen molar-refractivity contribution >= 4 is 11.9 Å². The molecule has 1 aliphatic heterocycles. The van der Waals surface area contributed by atoms with Crippen molar-refractivity contribution in [3.05, 3.63) is 48.6 Å². The number of rotatable bonds is 62. The molecule has 83 heavy (non-hydrogen) atoms. The normalized spacial score (nSPS) is 18.4. The number of nitrogens with one attached hydrogen (secondary N) is 1. The lowest BCUT2D eigenvalue weighted by molar-refractivity contribution is -0.302. The maximum absolute atomic E-state index is 13.0. The topological polar surface area (TPSA) is 175 Å². The number of ether oxygens (including phenoxy) is 3. The number of amides is 1. The molecule has 7 unspecified atom stereocenters. The summed E-state index contributed by atoms with van der Waals surface area (Å²) >= 11 is 0. The van der Waals surface area contributed by atoms with Gasteiger partial charge in [-0.05, 0) is 83.5 Å². The largest absolute Gasteiger partial charge is 0.466 e. The van der Waals surface area contributed by atoms with Crippen LogP contribution >= 0.6 is 0 Å². The van der Waals surface area contributed by atoms with Crippen LogP contribution in [0.2, 0.25) is 0 Å². The molecule has 6 N–H and O–H groups in total. The summed E-state index contributed by atoms with van der Waals surface area (Å²) in [5.74, 6) is -0.185. The Labute approximate surface area is 510 Å². The number of aliphatic hydroxyl groups is 5. The number of carbonyl (C=O) groups is 2. The van der Waals surface area contributed by atoms with E-state index >= 15 is 0 Å². The van der Waals surface area contributed by atoms with Gasteiger partial charge >= 0.3 is 5.97 Å². The lowest BCUT2D eigenvalue weighted by Crippen LogP contribution is -2.60. The fraction of sp³-hybridized carbons (Fsp3) is 0.861. The second-order valence-corrected chi connectivity index (χ2v) is 24.6. The van der Waals surface area contributed by atoms with E-state index in [1.54, 1.807) is 6.08 Å². The molecule has 11 nitrogen and oxygen atoms in total. The number of unbranched alkanes of at least 4 members (excludes halogenated alkanes) is 42. The van der Waals surface area contributed by atoms with Crippen molar-refractivity contribution in [2.24, 2.45) is 0 Å². The third-order valence-corrected chi connectivity index (χ3v) is 16.7. The van der Waals surface area contributed by atoms with Crippen LogP contribution in [-0.4, -0.2) is 100 Å². The van der Waals surface area contributed by atoms with Crippen LogP contribution in [0.1, 0.15) is 335 Å². The van der Waals surface area contributed by atoms with Gasteiger partial charge in [-0.3, -0.25) is 9.59 Å². The molecule has 0 spiro atoms. The molecule has 486 valence electrons.